The number of anilines is 3. The molecule has 2 aromatic rings. The largest absolute Gasteiger partial charge is 0.399 e. The van der Waals surface area contributed by atoms with Crippen LogP contribution < -0.4 is 16.4 Å². The number of hydrogen-bond donors (Lipinski definition) is 3. The number of hydrogen-bond acceptors (Lipinski definition) is 5. The maximum absolute atomic E-state index is 5.94. The van der Waals surface area contributed by atoms with Crippen LogP contribution in [0.15, 0.2) is 64.0 Å². The van der Waals surface area contributed by atoms with Gasteiger partial charge in [-0.25, -0.2) is 4.99 Å². The molecule has 0 saturated carbocycles. The molecule has 2 rings (SSSR count). The van der Waals surface area contributed by atoms with E-state index in [-0.39, 0.29) is 0 Å². The van der Waals surface area contributed by atoms with Crippen molar-refractivity contribution < 1.29 is 0 Å². The number of nitrogens with two attached hydrogens (primary N) is 1. The molecule has 0 unspecified atom stereocenters. The lowest BCUT2D eigenvalue weighted by Crippen LogP contribution is -2.16. The standard InChI is InChI=1S/C21H30N6S/c1-7-19(28-6)21(24-17-10-8-9-16(22)11-17)26-20(15(4)14(2)3)25-18-12-23-27(5)13-18/h7-14,25H,22H2,1-6H3,(H,24,26)/b19-7+,20-15+. The second-order valence-corrected chi connectivity index (χ2v) is 7.63. The van der Waals surface area contributed by atoms with E-state index in [4.69, 9.17) is 10.7 Å². The molecule has 0 fully saturated rings. The van der Waals surface area contributed by atoms with E-state index >= 15 is 0 Å². The van der Waals surface area contributed by atoms with E-state index in [0.29, 0.717) is 11.6 Å². The molecule has 0 aliphatic heterocycles. The van der Waals surface area contributed by atoms with E-state index < -0.39 is 0 Å². The van der Waals surface area contributed by atoms with E-state index in [0.717, 1.165) is 33.5 Å². The van der Waals surface area contributed by atoms with Crippen molar-refractivity contribution in [2.24, 2.45) is 18.0 Å². The van der Waals surface area contributed by atoms with Crippen molar-refractivity contribution in [3.05, 3.63) is 59.0 Å². The van der Waals surface area contributed by atoms with Gasteiger partial charge in [-0.15, -0.1) is 11.8 Å². The van der Waals surface area contributed by atoms with E-state index in [1.54, 1.807) is 22.6 Å². The molecule has 0 spiro atoms. The zero-order chi connectivity index (χ0) is 20.7. The zero-order valence-corrected chi connectivity index (χ0v) is 18.3. The lowest BCUT2D eigenvalue weighted by Gasteiger charge is -2.17. The second kappa shape index (κ2) is 10.0. The number of nitrogens with one attached hydrogen (secondary N) is 2. The van der Waals surface area contributed by atoms with E-state index in [2.05, 4.69) is 42.6 Å². The molecule has 6 nitrogen and oxygen atoms in total. The van der Waals surface area contributed by atoms with Gasteiger partial charge in [0.05, 0.1) is 11.9 Å². The summed E-state index contributed by atoms with van der Waals surface area (Å²) in [5.41, 5.74) is 9.60. The summed E-state index contributed by atoms with van der Waals surface area (Å²) >= 11 is 1.64. The van der Waals surface area contributed by atoms with Crippen LogP contribution in [0.25, 0.3) is 0 Å². The molecule has 0 bridgehead atoms. The third kappa shape index (κ3) is 5.92. The molecular weight excluding hydrogens is 368 g/mol. The van der Waals surface area contributed by atoms with Crippen LogP contribution in [0.2, 0.25) is 0 Å². The molecule has 0 radical (unpaired) electrons. The lowest BCUT2D eigenvalue weighted by atomic mass is 10.1. The van der Waals surface area contributed by atoms with Gasteiger partial charge >= 0.3 is 0 Å². The first kappa shape index (κ1) is 21.6. The third-order valence-corrected chi connectivity index (χ3v) is 5.16. The van der Waals surface area contributed by atoms with Crippen LogP contribution in [0.5, 0.6) is 0 Å². The van der Waals surface area contributed by atoms with E-state index in [1.807, 2.05) is 50.7 Å². The molecule has 28 heavy (non-hydrogen) atoms. The molecule has 0 aliphatic rings. The van der Waals surface area contributed by atoms with Gasteiger partial charge < -0.3 is 16.4 Å². The lowest BCUT2D eigenvalue weighted by molar-refractivity contribution is 0.755. The van der Waals surface area contributed by atoms with Crippen molar-refractivity contribution in [1.29, 1.82) is 0 Å². The molecule has 0 aliphatic carbocycles. The number of aromatic nitrogens is 2. The van der Waals surface area contributed by atoms with Gasteiger partial charge in [0, 0.05) is 29.5 Å². The molecule has 0 saturated heterocycles. The van der Waals surface area contributed by atoms with Gasteiger partial charge in [0.25, 0.3) is 0 Å². The summed E-state index contributed by atoms with van der Waals surface area (Å²) in [7, 11) is 1.89. The summed E-state index contributed by atoms with van der Waals surface area (Å²) in [6, 6.07) is 7.67. The Labute approximate surface area is 172 Å². The van der Waals surface area contributed by atoms with Crippen LogP contribution in [0.3, 0.4) is 0 Å². The molecule has 0 amide bonds. The Hall–Kier alpha value is -2.67. The molecule has 150 valence electrons. The summed E-state index contributed by atoms with van der Waals surface area (Å²) < 4.78 is 1.76. The first-order chi connectivity index (χ1) is 13.3. The summed E-state index contributed by atoms with van der Waals surface area (Å²) in [6.45, 7) is 8.42. The van der Waals surface area contributed by atoms with Crippen LogP contribution >= 0.6 is 11.8 Å². The van der Waals surface area contributed by atoms with Gasteiger partial charge in [0.1, 0.15) is 11.7 Å². The molecule has 0 atom stereocenters. The van der Waals surface area contributed by atoms with Crippen LogP contribution in [-0.2, 0) is 7.05 Å². The number of aliphatic imine (C=N–C) groups is 1. The number of rotatable bonds is 7. The molecule has 1 aromatic heterocycles. The zero-order valence-electron chi connectivity index (χ0n) is 17.4. The number of aryl methyl sites for hydroxylation is 1. The number of amidine groups is 1. The Morgan fingerprint density at radius 1 is 1.29 bits per heavy atom. The Balaban J connectivity index is 2.49. The molecular formula is C21H30N6S. The fraction of sp³-hybridized carbons (Fsp3) is 0.333. The van der Waals surface area contributed by atoms with Crippen molar-refractivity contribution in [3.8, 4) is 0 Å². The first-order valence-corrected chi connectivity index (χ1v) is 10.4. The smallest absolute Gasteiger partial charge is 0.146 e. The Morgan fingerprint density at radius 2 is 2.04 bits per heavy atom. The second-order valence-electron chi connectivity index (χ2n) is 6.78. The molecule has 4 N–H and O–H groups in total. The highest BCUT2D eigenvalue weighted by Gasteiger charge is 2.12. The minimum absolute atomic E-state index is 0.347. The van der Waals surface area contributed by atoms with Crippen LogP contribution in [0.4, 0.5) is 17.1 Å². The fourth-order valence-electron chi connectivity index (χ4n) is 2.47. The molecule has 1 aromatic carbocycles. The van der Waals surface area contributed by atoms with Gasteiger partial charge in [-0.2, -0.15) is 5.10 Å². The number of benzene rings is 1. The highest BCUT2D eigenvalue weighted by molar-refractivity contribution is 8.03. The average Bonchev–Trinajstić information content (AvgIpc) is 3.06. The predicted molar refractivity (Wildman–Crippen MR) is 124 cm³/mol. The Bertz CT molecular complexity index is 892. The minimum atomic E-state index is 0.347. The van der Waals surface area contributed by atoms with Gasteiger partial charge in [0.2, 0.25) is 0 Å². The highest BCUT2D eigenvalue weighted by atomic mass is 32.2. The average molecular weight is 399 g/mol. The summed E-state index contributed by atoms with van der Waals surface area (Å²) in [5, 5.41) is 11.1. The number of nitrogen functional groups attached to an aromatic ring is 1. The fourth-order valence-corrected chi connectivity index (χ4v) is 3.00. The number of allylic oxidation sites excluding steroid dienone is 2. The van der Waals surface area contributed by atoms with Gasteiger partial charge in [-0.1, -0.05) is 26.0 Å². The van der Waals surface area contributed by atoms with Crippen molar-refractivity contribution in [1.82, 2.24) is 9.78 Å². The van der Waals surface area contributed by atoms with E-state index in [9.17, 15) is 0 Å². The SMILES string of the molecule is C\C=C(SC)/C(=N\C(Nc1cnn(C)c1)=C(/C)C(C)C)Nc1cccc(N)c1. The predicted octanol–water partition coefficient (Wildman–Crippen LogP) is 5.08. The first-order valence-electron chi connectivity index (χ1n) is 9.22. The van der Waals surface area contributed by atoms with Crippen LogP contribution in [0, 0.1) is 5.92 Å². The van der Waals surface area contributed by atoms with Gasteiger partial charge in [-0.3, -0.25) is 4.68 Å². The Morgan fingerprint density at radius 3 is 2.57 bits per heavy atom. The van der Waals surface area contributed by atoms with Crippen LogP contribution in [0.1, 0.15) is 27.7 Å². The topological polar surface area (TPSA) is 80.3 Å². The minimum Gasteiger partial charge on any atom is -0.399 e. The molecule has 1 heterocycles. The number of nitrogens with zero attached hydrogens (tertiary/aromatic N) is 3. The molecule has 7 heteroatoms. The van der Waals surface area contributed by atoms with Gasteiger partial charge in [0.15, 0.2) is 0 Å². The van der Waals surface area contributed by atoms with Crippen molar-refractivity contribution in [2.75, 3.05) is 22.6 Å². The summed E-state index contributed by atoms with van der Waals surface area (Å²) in [4.78, 5) is 6.02. The summed E-state index contributed by atoms with van der Waals surface area (Å²) in [6.07, 6.45) is 7.81. The third-order valence-electron chi connectivity index (χ3n) is 4.30. The van der Waals surface area contributed by atoms with Crippen molar-refractivity contribution in [3.63, 3.8) is 0 Å². The monoisotopic (exact) mass is 398 g/mol. The Kier molecular flexibility index (Phi) is 7.75. The van der Waals surface area contributed by atoms with Crippen LogP contribution in [-0.4, -0.2) is 21.9 Å². The van der Waals surface area contributed by atoms with Gasteiger partial charge in [-0.05, 0) is 49.8 Å². The number of thioether (sulfide) groups is 1. The maximum Gasteiger partial charge on any atom is 0.146 e. The van der Waals surface area contributed by atoms with E-state index in [1.165, 1.54) is 0 Å². The van der Waals surface area contributed by atoms with Crippen molar-refractivity contribution in [2.45, 2.75) is 27.7 Å². The quantitative estimate of drug-likeness (QED) is 0.344. The summed E-state index contributed by atoms with van der Waals surface area (Å²) in [5.74, 6) is 1.93. The van der Waals surface area contributed by atoms with Crippen molar-refractivity contribution >= 4 is 34.7 Å². The highest BCUT2D eigenvalue weighted by Crippen LogP contribution is 2.23. The maximum atomic E-state index is 5.94. The normalized spacial score (nSPS) is 13.5.